The molecule has 0 radical (unpaired) electrons. The van der Waals surface area contributed by atoms with Crippen LogP contribution >= 0.6 is 0 Å². The highest BCUT2D eigenvalue weighted by Gasteiger charge is 2.05. The summed E-state index contributed by atoms with van der Waals surface area (Å²) in [6.45, 7) is 2.02. The fourth-order valence-electron chi connectivity index (χ4n) is 2.42. The van der Waals surface area contributed by atoms with Crippen molar-refractivity contribution in [2.75, 3.05) is 10.6 Å². The van der Waals surface area contributed by atoms with Gasteiger partial charge in [0.1, 0.15) is 0 Å². The van der Waals surface area contributed by atoms with E-state index in [0.29, 0.717) is 24.5 Å². The van der Waals surface area contributed by atoms with Gasteiger partial charge in [0.2, 0.25) is 5.91 Å². The van der Waals surface area contributed by atoms with Gasteiger partial charge in [-0.2, -0.15) is 0 Å². The van der Waals surface area contributed by atoms with Crippen LogP contribution in [0.2, 0.25) is 0 Å². The molecule has 0 aliphatic rings. The number of rotatable bonds is 6. The summed E-state index contributed by atoms with van der Waals surface area (Å²) in [6, 6.07) is 21.4. The summed E-state index contributed by atoms with van der Waals surface area (Å²) in [5.74, 6) is 1.02. The molecule has 0 saturated carbocycles. The average molecular weight is 332 g/mol. The number of hydrogen-bond acceptors (Lipinski definition) is 4. The molecule has 0 bridgehead atoms. The molecular weight excluding hydrogens is 312 g/mol. The van der Waals surface area contributed by atoms with Gasteiger partial charge in [-0.1, -0.05) is 48.5 Å². The molecule has 0 spiro atoms. The van der Waals surface area contributed by atoms with E-state index >= 15 is 0 Å². The summed E-state index contributed by atoms with van der Waals surface area (Å²) in [6.07, 6.45) is 1.11. The van der Waals surface area contributed by atoms with Gasteiger partial charge in [0.05, 0.1) is 0 Å². The van der Waals surface area contributed by atoms with Crippen LogP contribution in [0, 0.1) is 6.92 Å². The van der Waals surface area contributed by atoms with Gasteiger partial charge in [-0.25, -0.2) is 0 Å². The van der Waals surface area contributed by atoms with E-state index in [2.05, 4.69) is 20.8 Å². The highest BCUT2D eigenvalue weighted by Crippen LogP contribution is 2.18. The number of aromatic nitrogens is 2. The van der Waals surface area contributed by atoms with E-state index in [1.165, 1.54) is 0 Å². The third-order valence-corrected chi connectivity index (χ3v) is 3.82. The SMILES string of the molecule is Cc1ccccc1Nc1ccc(NC(=O)CCc2ccccc2)nn1. The highest BCUT2D eigenvalue weighted by molar-refractivity contribution is 5.89. The predicted octanol–water partition coefficient (Wildman–Crippen LogP) is 4.10. The van der Waals surface area contributed by atoms with Crippen LogP contribution in [0.5, 0.6) is 0 Å². The van der Waals surface area contributed by atoms with Crippen LogP contribution in [0.1, 0.15) is 17.5 Å². The Morgan fingerprint density at radius 1 is 0.880 bits per heavy atom. The number of carbonyl (C=O) groups excluding carboxylic acids is 1. The molecule has 0 aliphatic heterocycles. The van der Waals surface area contributed by atoms with Gasteiger partial charge in [-0.05, 0) is 42.7 Å². The number of carbonyl (C=O) groups is 1. The molecule has 3 rings (SSSR count). The molecule has 5 nitrogen and oxygen atoms in total. The van der Waals surface area contributed by atoms with Crippen LogP contribution in [-0.4, -0.2) is 16.1 Å². The summed E-state index contributed by atoms with van der Waals surface area (Å²) in [4.78, 5) is 12.0. The van der Waals surface area contributed by atoms with Crippen molar-refractivity contribution in [1.29, 1.82) is 0 Å². The Hall–Kier alpha value is -3.21. The lowest BCUT2D eigenvalue weighted by molar-refractivity contribution is -0.116. The first-order chi connectivity index (χ1) is 12.2. The topological polar surface area (TPSA) is 66.9 Å². The number of nitrogens with one attached hydrogen (secondary N) is 2. The minimum Gasteiger partial charge on any atom is -0.339 e. The largest absolute Gasteiger partial charge is 0.339 e. The minimum atomic E-state index is -0.0715. The Morgan fingerprint density at radius 3 is 2.28 bits per heavy atom. The van der Waals surface area contributed by atoms with Gasteiger partial charge in [0.15, 0.2) is 11.6 Å². The van der Waals surface area contributed by atoms with Crippen LogP contribution in [0.3, 0.4) is 0 Å². The van der Waals surface area contributed by atoms with E-state index < -0.39 is 0 Å². The van der Waals surface area contributed by atoms with E-state index in [0.717, 1.165) is 16.8 Å². The molecule has 5 heteroatoms. The maximum Gasteiger partial charge on any atom is 0.225 e. The Balaban J connectivity index is 1.53. The van der Waals surface area contributed by atoms with Gasteiger partial charge in [0, 0.05) is 12.1 Å². The normalized spacial score (nSPS) is 10.3. The van der Waals surface area contributed by atoms with Gasteiger partial charge in [-0.3, -0.25) is 4.79 Å². The van der Waals surface area contributed by atoms with Gasteiger partial charge >= 0.3 is 0 Å². The number of hydrogen-bond donors (Lipinski definition) is 2. The number of anilines is 3. The second-order valence-electron chi connectivity index (χ2n) is 5.78. The summed E-state index contributed by atoms with van der Waals surface area (Å²) in [7, 11) is 0. The average Bonchev–Trinajstić information content (AvgIpc) is 2.64. The number of amides is 1. The molecule has 0 fully saturated rings. The highest BCUT2D eigenvalue weighted by atomic mass is 16.1. The molecule has 0 unspecified atom stereocenters. The van der Waals surface area contributed by atoms with Crippen molar-refractivity contribution in [3.8, 4) is 0 Å². The van der Waals surface area contributed by atoms with Crippen molar-refractivity contribution in [1.82, 2.24) is 10.2 Å². The molecule has 1 aromatic heterocycles. The molecule has 1 amide bonds. The van der Waals surface area contributed by atoms with Crippen molar-refractivity contribution in [2.24, 2.45) is 0 Å². The Morgan fingerprint density at radius 2 is 1.56 bits per heavy atom. The molecule has 0 saturated heterocycles. The number of benzene rings is 2. The van der Waals surface area contributed by atoms with Crippen molar-refractivity contribution in [3.05, 3.63) is 77.9 Å². The van der Waals surface area contributed by atoms with Crippen molar-refractivity contribution >= 4 is 23.2 Å². The van der Waals surface area contributed by atoms with Gasteiger partial charge in [0.25, 0.3) is 0 Å². The minimum absolute atomic E-state index is 0.0715. The zero-order valence-electron chi connectivity index (χ0n) is 14.1. The third kappa shape index (κ3) is 4.88. The second-order valence-corrected chi connectivity index (χ2v) is 5.78. The fourth-order valence-corrected chi connectivity index (χ4v) is 2.42. The molecule has 3 aromatic rings. The maximum absolute atomic E-state index is 12.0. The van der Waals surface area contributed by atoms with Crippen molar-refractivity contribution in [2.45, 2.75) is 19.8 Å². The van der Waals surface area contributed by atoms with E-state index in [4.69, 9.17) is 0 Å². The number of para-hydroxylation sites is 1. The monoisotopic (exact) mass is 332 g/mol. The van der Waals surface area contributed by atoms with Crippen LogP contribution in [-0.2, 0) is 11.2 Å². The first-order valence-electron chi connectivity index (χ1n) is 8.21. The van der Waals surface area contributed by atoms with Crippen molar-refractivity contribution in [3.63, 3.8) is 0 Å². The molecule has 0 atom stereocenters. The smallest absolute Gasteiger partial charge is 0.225 e. The van der Waals surface area contributed by atoms with Crippen molar-refractivity contribution < 1.29 is 4.79 Å². The number of aryl methyl sites for hydroxylation is 2. The van der Waals surface area contributed by atoms with Crippen LogP contribution in [0.25, 0.3) is 0 Å². The molecule has 126 valence electrons. The second kappa shape index (κ2) is 8.06. The summed E-state index contributed by atoms with van der Waals surface area (Å²) < 4.78 is 0. The lowest BCUT2D eigenvalue weighted by Crippen LogP contribution is -2.14. The predicted molar refractivity (Wildman–Crippen MR) is 99.9 cm³/mol. The third-order valence-electron chi connectivity index (χ3n) is 3.82. The molecular formula is C20H20N4O. The van der Waals surface area contributed by atoms with E-state index in [9.17, 15) is 4.79 Å². The zero-order chi connectivity index (χ0) is 17.5. The first kappa shape index (κ1) is 16.6. The lowest BCUT2D eigenvalue weighted by atomic mass is 10.1. The Labute approximate surface area is 147 Å². The standard InChI is InChI=1S/C20H20N4O/c1-15-7-5-6-10-17(15)21-18-12-13-19(24-23-18)22-20(25)14-11-16-8-3-2-4-9-16/h2-10,12-13H,11,14H2,1H3,(H,21,23)(H,22,24,25). The Kier molecular flexibility index (Phi) is 5.36. The summed E-state index contributed by atoms with van der Waals surface area (Å²) >= 11 is 0. The summed E-state index contributed by atoms with van der Waals surface area (Å²) in [5.41, 5.74) is 3.25. The van der Waals surface area contributed by atoms with Crippen LogP contribution in [0.4, 0.5) is 17.3 Å². The van der Waals surface area contributed by atoms with E-state index in [-0.39, 0.29) is 5.91 Å². The fraction of sp³-hybridized carbons (Fsp3) is 0.150. The van der Waals surface area contributed by atoms with Gasteiger partial charge in [-0.15, -0.1) is 10.2 Å². The van der Waals surface area contributed by atoms with E-state index in [1.807, 2.05) is 61.5 Å². The van der Waals surface area contributed by atoms with Gasteiger partial charge < -0.3 is 10.6 Å². The first-order valence-corrected chi connectivity index (χ1v) is 8.21. The quantitative estimate of drug-likeness (QED) is 0.713. The molecule has 1 heterocycles. The Bertz CT molecular complexity index is 832. The maximum atomic E-state index is 12.0. The lowest BCUT2D eigenvalue weighted by Gasteiger charge is -2.08. The molecule has 0 aliphatic carbocycles. The molecule has 25 heavy (non-hydrogen) atoms. The molecule has 2 aromatic carbocycles. The summed E-state index contributed by atoms with van der Waals surface area (Å²) in [5, 5.41) is 14.2. The number of nitrogens with zero attached hydrogens (tertiary/aromatic N) is 2. The van der Waals surface area contributed by atoms with Crippen LogP contribution < -0.4 is 10.6 Å². The zero-order valence-corrected chi connectivity index (χ0v) is 14.1. The van der Waals surface area contributed by atoms with E-state index in [1.54, 1.807) is 12.1 Å². The molecule has 2 N–H and O–H groups in total. The van der Waals surface area contributed by atoms with Crippen LogP contribution in [0.15, 0.2) is 66.7 Å².